The molecule has 0 bridgehead atoms. The lowest BCUT2D eigenvalue weighted by Gasteiger charge is -2.07. The number of nitrogens with zero attached hydrogens (tertiary/aromatic N) is 1. The molecule has 0 saturated carbocycles. The molecule has 1 aromatic heterocycles. The maximum atomic E-state index is 11.8. The number of carbonyl (C=O) groups excluding carboxylic acids is 1. The Kier molecular flexibility index (Phi) is 4.04. The molecule has 0 aliphatic carbocycles. The van der Waals surface area contributed by atoms with Gasteiger partial charge in [-0.1, -0.05) is 0 Å². The quantitative estimate of drug-likeness (QED) is 0.708. The molecule has 1 aromatic carbocycles. The van der Waals surface area contributed by atoms with Crippen LogP contribution in [0.25, 0.3) is 0 Å². The molecular formula is C12H11BrN4O3. The average molecular weight is 339 g/mol. The molecule has 0 unspecified atom stereocenters. The molecule has 0 radical (unpaired) electrons. The van der Waals surface area contributed by atoms with Gasteiger partial charge in [0.25, 0.3) is 5.56 Å². The Morgan fingerprint density at radius 2 is 1.95 bits per heavy atom. The van der Waals surface area contributed by atoms with Gasteiger partial charge >= 0.3 is 5.69 Å². The van der Waals surface area contributed by atoms with Crippen molar-refractivity contribution in [2.75, 3.05) is 11.1 Å². The molecule has 0 aliphatic rings. The number of carbonyl (C=O) groups is 1. The number of aromatic amines is 1. The molecular weight excluding hydrogens is 328 g/mol. The summed E-state index contributed by atoms with van der Waals surface area (Å²) < 4.78 is 1.27. The zero-order valence-corrected chi connectivity index (χ0v) is 11.8. The SMILES string of the molecule is Nc1ccc(NC(=O)Cn2cc(Br)c(=O)[nH]c2=O)cc1. The van der Waals surface area contributed by atoms with Crippen molar-refractivity contribution >= 4 is 33.2 Å². The number of aromatic nitrogens is 2. The second kappa shape index (κ2) is 5.74. The van der Waals surface area contributed by atoms with E-state index in [0.29, 0.717) is 11.4 Å². The summed E-state index contributed by atoms with van der Waals surface area (Å²) in [4.78, 5) is 36.6. The standard InChI is InChI=1S/C12H11BrN4O3/c13-9-5-17(12(20)16-11(9)19)6-10(18)15-8-3-1-7(14)2-4-8/h1-5H,6,14H2,(H,15,18)(H,16,19,20). The second-order valence-corrected chi connectivity index (χ2v) is 4.89. The molecule has 1 heterocycles. The van der Waals surface area contributed by atoms with Crippen LogP contribution >= 0.6 is 15.9 Å². The zero-order chi connectivity index (χ0) is 14.7. The van der Waals surface area contributed by atoms with E-state index < -0.39 is 17.2 Å². The summed E-state index contributed by atoms with van der Waals surface area (Å²) in [6.07, 6.45) is 1.27. The second-order valence-electron chi connectivity index (χ2n) is 4.03. The van der Waals surface area contributed by atoms with Crippen LogP contribution in [-0.4, -0.2) is 15.5 Å². The van der Waals surface area contributed by atoms with E-state index in [0.717, 1.165) is 4.57 Å². The van der Waals surface area contributed by atoms with Gasteiger partial charge < -0.3 is 11.1 Å². The van der Waals surface area contributed by atoms with Gasteiger partial charge in [0.15, 0.2) is 0 Å². The highest BCUT2D eigenvalue weighted by Crippen LogP contribution is 2.10. The fraction of sp³-hybridized carbons (Fsp3) is 0.0833. The Morgan fingerprint density at radius 3 is 2.60 bits per heavy atom. The first kappa shape index (κ1) is 14.1. The van der Waals surface area contributed by atoms with E-state index >= 15 is 0 Å². The number of H-pyrrole nitrogens is 1. The third kappa shape index (κ3) is 3.35. The molecule has 0 aliphatic heterocycles. The van der Waals surface area contributed by atoms with Gasteiger partial charge in [-0.3, -0.25) is 19.1 Å². The number of hydrogen-bond donors (Lipinski definition) is 3. The Morgan fingerprint density at radius 1 is 1.30 bits per heavy atom. The molecule has 0 fully saturated rings. The van der Waals surface area contributed by atoms with Gasteiger partial charge in [0.2, 0.25) is 5.91 Å². The third-order valence-electron chi connectivity index (χ3n) is 2.48. The van der Waals surface area contributed by atoms with Crippen molar-refractivity contribution in [2.24, 2.45) is 0 Å². The van der Waals surface area contributed by atoms with E-state index in [2.05, 4.69) is 26.2 Å². The summed E-state index contributed by atoms with van der Waals surface area (Å²) in [6, 6.07) is 6.61. The highest BCUT2D eigenvalue weighted by atomic mass is 79.9. The lowest BCUT2D eigenvalue weighted by molar-refractivity contribution is -0.116. The molecule has 8 heteroatoms. The molecule has 2 aromatic rings. The number of rotatable bonds is 3. The van der Waals surface area contributed by atoms with E-state index in [9.17, 15) is 14.4 Å². The van der Waals surface area contributed by atoms with Crippen molar-refractivity contribution in [3.63, 3.8) is 0 Å². The van der Waals surface area contributed by atoms with Crippen molar-refractivity contribution in [1.29, 1.82) is 0 Å². The number of amides is 1. The monoisotopic (exact) mass is 338 g/mol. The fourth-order valence-corrected chi connectivity index (χ4v) is 1.87. The summed E-state index contributed by atoms with van der Waals surface area (Å²) >= 11 is 3.00. The zero-order valence-electron chi connectivity index (χ0n) is 10.2. The van der Waals surface area contributed by atoms with Crippen LogP contribution in [0.2, 0.25) is 0 Å². The maximum Gasteiger partial charge on any atom is 0.328 e. The van der Waals surface area contributed by atoms with Crippen LogP contribution < -0.4 is 22.3 Å². The Balaban J connectivity index is 2.12. The van der Waals surface area contributed by atoms with E-state index in [1.165, 1.54) is 6.20 Å². The van der Waals surface area contributed by atoms with Gasteiger partial charge in [0, 0.05) is 17.6 Å². The minimum Gasteiger partial charge on any atom is -0.399 e. The first-order valence-corrected chi connectivity index (χ1v) is 6.39. The van der Waals surface area contributed by atoms with E-state index in [4.69, 9.17) is 5.73 Å². The van der Waals surface area contributed by atoms with Crippen molar-refractivity contribution in [1.82, 2.24) is 9.55 Å². The molecule has 7 nitrogen and oxygen atoms in total. The highest BCUT2D eigenvalue weighted by molar-refractivity contribution is 9.10. The lowest BCUT2D eigenvalue weighted by atomic mass is 10.3. The largest absolute Gasteiger partial charge is 0.399 e. The van der Waals surface area contributed by atoms with Crippen LogP contribution in [-0.2, 0) is 11.3 Å². The number of benzene rings is 1. The molecule has 20 heavy (non-hydrogen) atoms. The summed E-state index contributed by atoms with van der Waals surface area (Å²) in [5.74, 6) is -0.393. The van der Waals surface area contributed by atoms with Crippen LogP contribution in [0.3, 0.4) is 0 Å². The third-order valence-corrected chi connectivity index (χ3v) is 3.04. The normalized spacial score (nSPS) is 10.2. The van der Waals surface area contributed by atoms with Crippen LogP contribution in [0.15, 0.2) is 44.5 Å². The minimum atomic E-state index is -0.648. The number of anilines is 2. The number of nitrogen functional groups attached to an aromatic ring is 1. The van der Waals surface area contributed by atoms with Crippen LogP contribution in [0.1, 0.15) is 0 Å². The number of halogens is 1. The van der Waals surface area contributed by atoms with Gasteiger partial charge in [-0.2, -0.15) is 0 Å². The molecule has 4 N–H and O–H groups in total. The average Bonchev–Trinajstić information content (AvgIpc) is 2.39. The number of nitrogens with two attached hydrogens (primary N) is 1. The van der Waals surface area contributed by atoms with Gasteiger partial charge in [0.05, 0.1) is 4.47 Å². The predicted octanol–water partition coefficient (Wildman–Crippen LogP) is 0.520. The smallest absolute Gasteiger partial charge is 0.328 e. The molecule has 2 rings (SSSR count). The topological polar surface area (TPSA) is 110 Å². The number of hydrogen-bond acceptors (Lipinski definition) is 4. The Hall–Kier alpha value is -2.35. The van der Waals surface area contributed by atoms with E-state index in [1.54, 1.807) is 24.3 Å². The van der Waals surface area contributed by atoms with Gasteiger partial charge in [-0.15, -0.1) is 0 Å². The van der Waals surface area contributed by atoms with Crippen molar-refractivity contribution in [3.05, 3.63) is 55.8 Å². The maximum absolute atomic E-state index is 11.8. The minimum absolute atomic E-state index is 0.178. The summed E-state index contributed by atoms with van der Waals surface area (Å²) in [7, 11) is 0. The molecule has 0 spiro atoms. The van der Waals surface area contributed by atoms with Crippen LogP contribution in [0, 0.1) is 0 Å². The molecule has 0 atom stereocenters. The van der Waals surface area contributed by atoms with Gasteiger partial charge in [-0.05, 0) is 40.2 Å². The highest BCUT2D eigenvalue weighted by Gasteiger charge is 2.07. The van der Waals surface area contributed by atoms with E-state index in [-0.39, 0.29) is 11.0 Å². The summed E-state index contributed by atoms with van der Waals surface area (Å²) in [5, 5.41) is 2.62. The van der Waals surface area contributed by atoms with Gasteiger partial charge in [-0.25, -0.2) is 4.79 Å². The number of nitrogens with one attached hydrogen (secondary N) is 2. The van der Waals surface area contributed by atoms with Crippen LogP contribution in [0.5, 0.6) is 0 Å². The van der Waals surface area contributed by atoms with Crippen LogP contribution in [0.4, 0.5) is 11.4 Å². The molecule has 104 valence electrons. The Bertz CT molecular complexity index is 749. The van der Waals surface area contributed by atoms with Crippen molar-refractivity contribution < 1.29 is 4.79 Å². The lowest BCUT2D eigenvalue weighted by Crippen LogP contribution is -2.33. The van der Waals surface area contributed by atoms with Crippen molar-refractivity contribution in [3.8, 4) is 0 Å². The summed E-state index contributed by atoms with van der Waals surface area (Å²) in [5.41, 5.74) is 5.51. The summed E-state index contributed by atoms with van der Waals surface area (Å²) in [6.45, 7) is -0.210. The Labute approximate surface area is 121 Å². The fourth-order valence-electron chi connectivity index (χ4n) is 1.52. The molecule has 0 saturated heterocycles. The molecule has 1 amide bonds. The van der Waals surface area contributed by atoms with Gasteiger partial charge in [0.1, 0.15) is 6.54 Å². The van der Waals surface area contributed by atoms with E-state index in [1.807, 2.05) is 0 Å². The first-order chi connectivity index (χ1) is 9.45. The predicted molar refractivity (Wildman–Crippen MR) is 78.5 cm³/mol. The first-order valence-electron chi connectivity index (χ1n) is 5.60. The van der Waals surface area contributed by atoms with Crippen molar-refractivity contribution in [2.45, 2.75) is 6.54 Å².